The van der Waals surface area contributed by atoms with Gasteiger partial charge in [0.05, 0.1) is 0 Å². The van der Waals surface area contributed by atoms with Crippen LogP contribution in [-0.4, -0.2) is 10.8 Å². The van der Waals surface area contributed by atoms with Gasteiger partial charge in [0.25, 0.3) is 0 Å². The van der Waals surface area contributed by atoms with Crippen LogP contribution in [0.2, 0.25) is 0 Å². The van der Waals surface area contributed by atoms with Crippen molar-refractivity contribution in [3.05, 3.63) is 35.0 Å². The van der Waals surface area contributed by atoms with E-state index in [1.807, 2.05) is 6.92 Å². The minimum Gasteiger partial charge on any atom is -0.358 e. The van der Waals surface area contributed by atoms with Gasteiger partial charge >= 0.3 is 0 Å². The number of fused-ring (bicyclic) bond motifs is 1. The summed E-state index contributed by atoms with van der Waals surface area (Å²) >= 11 is 0. The average molecular weight is 255 g/mol. The van der Waals surface area contributed by atoms with Crippen LogP contribution in [0.5, 0.6) is 0 Å². The molecule has 2 heteroatoms. The molecule has 1 fully saturated rings. The van der Waals surface area contributed by atoms with Crippen molar-refractivity contribution in [2.24, 2.45) is 5.92 Å². The summed E-state index contributed by atoms with van der Waals surface area (Å²) < 4.78 is 0. The van der Waals surface area contributed by atoms with E-state index < -0.39 is 0 Å². The van der Waals surface area contributed by atoms with Crippen molar-refractivity contribution in [3.8, 4) is 0 Å². The van der Waals surface area contributed by atoms with Crippen LogP contribution in [0.3, 0.4) is 0 Å². The van der Waals surface area contributed by atoms with Crippen LogP contribution in [0.4, 0.5) is 0 Å². The monoisotopic (exact) mass is 255 g/mol. The number of hydrogen-bond donors (Lipinski definition) is 1. The SMILES string of the molecule is CCc1cccc2c(C(=O)C3CCCC3)c(C)[nH]c12. The summed E-state index contributed by atoms with van der Waals surface area (Å²) in [5, 5.41) is 1.12. The molecule has 1 heterocycles. The van der Waals surface area contributed by atoms with E-state index in [9.17, 15) is 4.79 Å². The van der Waals surface area contributed by atoms with Gasteiger partial charge in [-0.15, -0.1) is 0 Å². The number of H-pyrrole nitrogens is 1. The predicted octanol–water partition coefficient (Wildman–Crippen LogP) is 4.41. The molecule has 19 heavy (non-hydrogen) atoms. The van der Waals surface area contributed by atoms with Gasteiger partial charge in [-0.1, -0.05) is 38.0 Å². The molecule has 0 spiro atoms. The number of hydrogen-bond acceptors (Lipinski definition) is 1. The number of carbonyl (C=O) groups excluding carboxylic acids is 1. The summed E-state index contributed by atoms with van der Waals surface area (Å²) in [4.78, 5) is 16.2. The fourth-order valence-corrected chi connectivity index (χ4v) is 3.41. The van der Waals surface area contributed by atoms with Crippen LogP contribution in [0.15, 0.2) is 18.2 Å². The maximum atomic E-state index is 12.7. The molecule has 100 valence electrons. The molecule has 0 atom stereocenters. The quantitative estimate of drug-likeness (QED) is 0.809. The zero-order valence-corrected chi connectivity index (χ0v) is 11.8. The van der Waals surface area contributed by atoms with Crippen LogP contribution in [0.1, 0.15) is 54.2 Å². The summed E-state index contributed by atoms with van der Waals surface area (Å²) in [5.41, 5.74) is 4.43. The van der Waals surface area contributed by atoms with E-state index >= 15 is 0 Å². The highest BCUT2D eigenvalue weighted by atomic mass is 16.1. The molecule has 1 aromatic heterocycles. The Labute approximate surface area is 114 Å². The highest BCUT2D eigenvalue weighted by Crippen LogP contribution is 2.33. The third-order valence-corrected chi connectivity index (χ3v) is 4.46. The average Bonchev–Trinajstić information content (AvgIpc) is 3.04. The van der Waals surface area contributed by atoms with E-state index in [1.54, 1.807) is 0 Å². The Morgan fingerprint density at radius 2 is 2.05 bits per heavy atom. The lowest BCUT2D eigenvalue weighted by molar-refractivity contribution is 0.0924. The minimum absolute atomic E-state index is 0.253. The minimum atomic E-state index is 0.253. The van der Waals surface area contributed by atoms with Crippen LogP contribution >= 0.6 is 0 Å². The lowest BCUT2D eigenvalue weighted by Gasteiger charge is -2.08. The highest BCUT2D eigenvalue weighted by molar-refractivity contribution is 6.10. The van der Waals surface area contributed by atoms with Crippen molar-refractivity contribution in [1.29, 1.82) is 0 Å². The van der Waals surface area contributed by atoms with Crippen LogP contribution in [0, 0.1) is 12.8 Å². The van der Waals surface area contributed by atoms with E-state index in [0.717, 1.165) is 41.4 Å². The molecular formula is C17H21NO. The van der Waals surface area contributed by atoms with E-state index in [-0.39, 0.29) is 5.92 Å². The summed E-state index contributed by atoms with van der Waals surface area (Å²) in [7, 11) is 0. The van der Waals surface area contributed by atoms with E-state index in [1.165, 1.54) is 18.4 Å². The van der Waals surface area contributed by atoms with Crippen molar-refractivity contribution in [1.82, 2.24) is 4.98 Å². The number of ketones is 1. The number of aromatic amines is 1. The number of nitrogens with one attached hydrogen (secondary N) is 1. The molecule has 1 aliphatic rings. The van der Waals surface area contributed by atoms with Gasteiger partial charge in [-0.25, -0.2) is 0 Å². The second kappa shape index (κ2) is 4.84. The maximum absolute atomic E-state index is 12.7. The predicted molar refractivity (Wildman–Crippen MR) is 78.7 cm³/mol. The van der Waals surface area contributed by atoms with Crippen molar-refractivity contribution in [2.75, 3.05) is 0 Å². The molecule has 2 aromatic rings. The first-order chi connectivity index (χ1) is 9.22. The van der Waals surface area contributed by atoms with E-state index in [2.05, 4.69) is 30.1 Å². The standard InChI is InChI=1S/C17H21NO/c1-3-12-9-6-10-14-15(11(2)18-16(12)14)17(19)13-7-4-5-8-13/h6,9-10,13,18H,3-5,7-8H2,1-2H3. The Kier molecular flexibility index (Phi) is 3.17. The van der Waals surface area contributed by atoms with Crippen LogP contribution in [0.25, 0.3) is 10.9 Å². The zero-order valence-electron chi connectivity index (χ0n) is 11.8. The Morgan fingerprint density at radius 1 is 1.32 bits per heavy atom. The fraction of sp³-hybridized carbons (Fsp3) is 0.471. The first kappa shape index (κ1) is 12.5. The lowest BCUT2D eigenvalue weighted by Crippen LogP contribution is -2.11. The topological polar surface area (TPSA) is 32.9 Å². The number of para-hydroxylation sites is 1. The molecule has 2 nitrogen and oxygen atoms in total. The fourth-order valence-electron chi connectivity index (χ4n) is 3.41. The maximum Gasteiger partial charge on any atom is 0.168 e. The molecule has 1 aromatic carbocycles. The molecule has 1 N–H and O–H groups in total. The van der Waals surface area contributed by atoms with Gasteiger partial charge in [0.15, 0.2) is 5.78 Å². The number of Topliss-reactive ketones (excluding diaryl/α,β-unsaturated/α-hetero) is 1. The number of carbonyl (C=O) groups is 1. The molecule has 0 amide bonds. The van der Waals surface area contributed by atoms with Gasteiger partial charge in [0, 0.05) is 28.1 Å². The van der Waals surface area contributed by atoms with Crippen molar-refractivity contribution < 1.29 is 4.79 Å². The molecule has 0 saturated heterocycles. The molecule has 0 unspecified atom stereocenters. The highest BCUT2D eigenvalue weighted by Gasteiger charge is 2.27. The first-order valence-corrected chi connectivity index (χ1v) is 7.36. The van der Waals surface area contributed by atoms with Gasteiger partial charge in [-0.05, 0) is 31.7 Å². The third-order valence-electron chi connectivity index (χ3n) is 4.46. The van der Waals surface area contributed by atoms with Crippen LogP contribution in [-0.2, 0) is 6.42 Å². The summed E-state index contributed by atoms with van der Waals surface area (Å²) in [6.45, 7) is 4.19. The number of benzene rings is 1. The van der Waals surface area contributed by atoms with Gasteiger partial charge in [-0.2, -0.15) is 0 Å². The Balaban J connectivity index is 2.12. The molecule has 3 rings (SSSR count). The van der Waals surface area contributed by atoms with Gasteiger partial charge in [0.1, 0.15) is 0 Å². The summed E-state index contributed by atoms with van der Waals surface area (Å²) in [6, 6.07) is 6.29. The van der Waals surface area contributed by atoms with E-state index in [0.29, 0.717) is 5.78 Å². The van der Waals surface area contributed by atoms with E-state index in [4.69, 9.17) is 0 Å². The van der Waals surface area contributed by atoms with Crippen molar-refractivity contribution >= 4 is 16.7 Å². The van der Waals surface area contributed by atoms with Crippen LogP contribution < -0.4 is 0 Å². The Morgan fingerprint density at radius 3 is 2.74 bits per heavy atom. The molecule has 0 aliphatic heterocycles. The summed E-state index contributed by atoms with van der Waals surface area (Å²) in [6.07, 6.45) is 5.54. The lowest BCUT2D eigenvalue weighted by atomic mass is 9.94. The first-order valence-electron chi connectivity index (χ1n) is 7.36. The second-order valence-electron chi connectivity index (χ2n) is 5.66. The smallest absolute Gasteiger partial charge is 0.168 e. The Hall–Kier alpha value is -1.57. The van der Waals surface area contributed by atoms with Gasteiger partial charge in [-0.3, -0.25) is 4.79 Å². The normalized spacial score (nSPS) is 16.3. The largest absolute Gasteiger partial charge is 0.358 e. The Bertz CT molecular complexity index is 617. The number of aromatic nitrogens is 1. The number of rotatable bonds is 3. The molecular weight excluding hydrogens is 234 g/mol. The molecule has 1 aliphatic carbocycles. The molecule has 1 saturated carbocycles. The molecule has 0 bridgehead atoms. The van der Waals surface area contributed by atoms with Crippen molar-refractivity contribution in [3.63, 3.8) is 0 Å². The summed E-state index contributed by atoms with van der Waals surface area (Å²) in [5.74, 6) is 0.609. The third kappa shape index (κ3) is 1.99. The molecule has 0 radical (unpaired) electrons. The zero-order chi connectivity index (χ0) is 13.4. The number of aryl methyl sites for hydroxylation is 2. The van der Waals surface area contributed by atoms with Gasteiger partial charge in [0.2, 0.25) is 0 Å². The van der Waals surface area contributed by atoms with Gasteiger partial charge < -0.3 is 4.98 Å². The second-order valence-corrected chi connectivity index (χ2v) is 5.66. The van der Waals surface area contributed by atoms with Crippen molar-refractivity contribution in [2.45, 2.75) is 46.0 Å².